The third-order valence-corrected chi connectivity index (χ3v) is 4.67. The first-order chi connectivity index (χ1) is 14.2. The van der Waals surface area contributed by atoms with Crippen molar-refractivity contribution in [1.82, 2.24) is 0 Å². The number of rotatable bonds is 4. The van der Waals surface area contributed by atoms with E-state index in [0.29, 0.717) is 11.1 Å². The summed E-state index contributed by atoms with van der Waals surface area (Å²) < 4.78 is 14.6. The Balaban J connectivity index is 1.72. The zero-order valence-electron chi connectivity index (χ0n) is 17.1. The van der Waals surface area contributed by atoms with Gasteiger partial charge in [0.2, 0.25) is 0 Å². The molecule has 0 fully saturated rings. The predicted octanol–water partition coefficient (Wildman–Crippen LogP) is 6.80. The molecule has 0 unspecified atom stereocenters. The molecule has 0 bridgehead atoms. The second-order valence-corrected chi connectivity index (χ2v) is 6.97. The van der Waals surface area contributed by atoms with E-state index in [1.165, 1.54) is 17.2 Å². The van der Waals surface area contributed by atoms with Gasteiger partial charge in [-0.25, -0.2) is 4.39 Å². The number of hydrogen-bond acceptors (Lipinski definition) is 0. The standard InChI is InChI=1S/C28H25F/c1-3-5-6-8-23-9-11-24(12-10-23)13-14-25-17-20-27(28(29)21-25)26-18-15-22(7-4-2)16-19-26/h9-12,15-21H,3-4,7-8H2,1-2H3. The van der Waals surface area contributed by atoms with Crippen LogP contribution in [-0.4, -0.2) is 0 Å². The van der Waals surface area contributed by atoms with Crippen LogP contribution in [0.4, 0.5) is 4.39 Å². The maximum absolute atomic E-state index is 14.6. The van der Waals surface area contributed by atoms with Crippen LogP contribution in [0.15, 0.2) is 66.7 Å². The largest absolute Gasteiger partial charge is 0.206 e. The van der Waals surface area contributed by atoms with Gasteiger partial charge in [-0.05, 0) is 47.4 Å². The summed E-state index contributed by atoms with van der Waals surface area (Å²) in [6.07, 6.45) is 3.79. The van der Waals surface area contributed by atoms with E-state index in [2.05, 4.69) is 42.7 Å². The first-order valence-corrected chi connectivity index (χ1v) is 10.1. The van der Waals surface area contributed by atoms with Crippen molar-refractivity contribution in [2.24, 2.45) is 0 Å². The van der Waals surface area contributed by atoms with E-state index in [9.17, 15) is 4.39 Å². The highest BCUT2D eigenvalue weighted by Crippen LogP contribution is 2.24. The molecule has 0 saturated heterocycles. The summed E-state index contributed by atoms with van der Waals surface area (Å²) >= 11 is 0. The van der Waals surface area contributed by atoms with Crippen LogP contribution in [0.25, 0.3) is 11.1 Å². The molecule has 0 saturated carbocycles. The summed E-state index contributed by atoms with van der Waals surface area (Å²) in [7, 11) is 0. The molecule has 0 aliphatic carbocycles. The summed E-state index contributed by atoms with van der Waals surface area (Å²) in [4.78, 5) is 0. The molecule has 0 nitrogen and oxygen atoms in total. The molecular formula is C28H25F. The van der Waals surface area contributed by atoms with E-state index in [-0.39, 0.29) is 5.82 Å². The SMILES string of the molecule is CCC#CCc1ccc(C#Cc2ccc(-c3ccc(CCC)cc3)c(F)c2)cc1. The summed E-state index contributed by atoms with van der Waals surface area (Å²) in [5.41, 5.74) is 5.54. The average Bonchev–Trinajstić information content (AvgIpc) is 2.74. The van der Waals surface area contributed by atoms with Crippen LogP contribution in [0.1, 0.15) is 48.9 Å². The van der Waals surface area contributed by atoms with Gasteiger partial charge in [-0.1, -0.05) is 80.5 Å². The predicted molar refractivity (Wildman–Crippen MR) is 120 cm³/mol. The Morgan fingerprint density at radius 2 is 1.38 bits per heavy atom. The van der Waals surface area contributed by atoms with Crippen molar-refractivity contribution >= 4 is 0 Å². The van der Waals surface area contributed by atoms with Crippen molar-refractivity contribution < 1.29 is 4.39 Å². The van der Waals surface area contributed by atoms with Gasteiger partial charge in [0.15, 0.2) is 0 Å². The molecule has 0 spiro atoms. The molecule has 0 N–H and O–H groups in total. The lowest BCUT2D eigenvalue weighted by Crippen LogP contribution is -1.88. The number of aryl methyl sites for hydroxylation is 1. The van der Waals surface area contributed by atoms with Crippen LogP contribution < -0.4 is 0 Å². The van der Waals surface area contributed by atoms with E-state index in [4.69, 9.17) is 0 Å². The molecule has 0 radical (unpaired) electrons. The van der Waals surface area contributed by atoms with Crippen molar-refractivity contribution in [2.45, 2.75) is 39.5 Å². The van der Waals surface area contributed by atoms with Crippen LogP contribution in [0, 0.1) is 29.5 Å². The summed E-state index contributed by atoms with van der Waals surface area (Å²) in [5.74, 6) is 12.1. The lowest BCUT2D eigenvalue weighted by molar-refractivity contribution is 0.631. The highest BCUT2D eigenvalue weighted by atomic mass is 19.1. The Kier molecular flexibility index (Phi) is 7.27. The van der Waals surface area contributed by atoms with Gasteiger partial charge in [0.05, 0.1) is 0 Å². The molecule has 0 atom stereocenters. The quantitative estimate of drug-likeness (QED) is 0.437. The van der Waals surface area contributed by atoms with Crippen molar-refractivity contribution in [2.75, 3.05) is 0 Å². The van der Waals surface area contributed by atoms with E-state index < -0.39 is 0 Å². The van der Waals surface area contributed by atoms with E-state index in [1.54, 1.807) is 0 Å². The lowest BCUT2D eigenvalue weighted by atomic mass is 10.0. The van der Waals surface area contributed by atoms with Crippen molar-refractivity contribution in [3.05, 3.63) is 94.8 Å². The molecular weight excluding hydrogens is 355 g/mol. The Bertz CT molecular complexity index is 1070. The topological polar surface area (TPSA) is 0 Å². The summed E-state index contributed by atoms with van der Waals surface area (Å²) in [6, 6.07) is 21.4. The van der Waals surface area contributed by atoms with Gasteiger partial charge in [-0.2, -0.15) is 0 Å². The molecule has 0 amide bonds. The number of hydrogen-bond donors (Lipinski definition) is 0. The molecule has 3 aromatic rings. The van der Waals surface area contributed by atoms with Crippen LogP contribution in [0.5, 0.6) is 0 Å². The lowest BCUT2D eigenvalue weighted by Gasteiger charge is -2.06. The van der Waals surface area contributed by atoms with Gasteiger partial charge in [-0.3, -0.25) is 0 Å². The molecule has 0 aliphatic rings. The normalized spacial score (nSPS) is 9.90. The van der Waals surface area contributed by atoms with Crippen molar-refractivity contribution in [1.29, 1.82) is 0 Å². The zero-order valence-corrected chi connectivity index (χ0v) is 17.1. The van der Waals surface area contributed by atoms with Gasteiger partial charge < -0.3 is 0 Å². The molecule has 3 rings (SSSR count). The van der Waals surface area contributed by atoms with E-state index >= 15 is 0 Å². The summed E-state index contributed by atoms with van der Waals surface area (Å²) in [5, 5.41) is 0. The minimum Gasteiger partial charge on any atom is -0.206 e. The Hall–Kier alpha value is -3.29. The molecule has 29 heavy (non-hydrogen) atoms. The highest BCUT2D eigenvalue weighted by molar-refractivity contribution is 5.65. The van der Waals surface area contributed by atoms with Crippen molar-refractivity contribution in [3.8, 4) is 34.8 Å². The molecule has 1 heteroatoms. The van der Waals surface area contributed by atoms with E-state index in [1.807, 2.05) is 55.5 Å². The number of benzene rings is 3. The van der Waals surface area contributed by atoms with E-state index in [0.717, 1.165) is 36.8 Å². The van der Waals surface area contributed by atoms with Gasteiger partial charge in [0, 0.05) is 29.5 Å². The molecule has 0 aromatic heterocycles. The van der Waals surface area contributed by atoms with Crippen LogP contribution in [0.2, 0.25) is 0 Å². The fraction of sp³-hybridized carbons (Fsp3) is 0.214. The molecule has 144 valence electrons. The minimum atomic E-state index is -0.245. The molecule has 0 heterocycles. The third-order valence-electron chi connectivity index (χ3n) is 4.67. The van der Waals surface area contributed by atoms with Crippen LogP contribution in [-0.2, 0) is 12.8 Å². The van der Waals surface area contributed by atoms with Crippen molar-refractivity contribution in [3.63, 3.8) is 0 Å². The third kappa shape index (κ3) is 5.84. The zero-order chi connectivity index (χ0) is 20.5. The van der Waals surface area contributed by atoms with Crippen LogP contribution >= 0.6 is 0 Å². The maximum Gasteiger partial charge on any atom is 0.132 e. The maximum atomic E-state index is 14.6. The van der Waals surface area contributed by atoms with Gasteiger partial charge in [0.1, 0.15) is 5.82 Å². The minimum absolute atomic E-state index is 0.245. The smallest absolute Gasteiger partial charge is 0.132 e. The second-order valence-electron chi connectivity index (χ2n) is 6.97. The van der Waals surface area contributed by atoms with Crippen LogP contribution in [0.3, 0.4) is 0 Å². The van der Waals surface area contributed by atoms with Gasteiger partial charge in [-0.15, -0.1) is 5.92 Å². The average molecular weight is 381 g/mol. The monoisotopic (exact) mass is 380 g/mol. The summed E-state index contributed by atoms with van der Waals surface area (Å²) in [6.45, 7) is 4.20. The fourth-order valence-corrected chi connectivity index (χ4v) is 3.11. The number of halogens is 1. The molecule has 0 aliphatic heterocycles. The van der Waals surface area contributed by atoms with Gasteiger partial charge >= 0.3 is 0 Å². The Labute approximate surface area is 173 Å². The first kappa shape index (κ1) is 20.4. The highest BCUT2D eigenvalue weighted by Gasteiger charge is 2.05. The Morgan fingerprint density at radius 1 is 0.724 bits per heavy atom. The second kappa shape index (κ2) is 10.3. The molecule has 3 aromatic carbocycles. The first-order valence-electron chi connectivity index (χ1n) is 10.1. The fourth-order valence-electron chi connectivity index (χ4n) is 3.11. The Morgan fingerprint density at radius 3 is 2.03 bits per heavy atom. The van der Waals surface area contributed by atoms with Gasteiger partial charge in [0.25, 0.3) is 0 Å².